The summed E-state index contributed by atoms with van der Waals surface area (Å²) >= 11 is 3.40. The third-order valence-corrected chi connectivity index (χ3v) is 4.94. The number of amides is 1. The molecule has 28 heavy (non-hydrogen) atoms. The van der Waals surface area contributed by atoms with E-state index in [0.717, 1.165) is 10.0 Å². The molecule has 0 aliphatic carbocycles. The highest BCUT2D eigenvalue weighted by molar-refractivity contribution is 9.10. The van der Waals surface area contributed by atoms with Crippen LogP contribution in [0.15, 0.2) is 22.7 Å². The molecule has 1 aliphatic heterocycles. The molecule has 146 valence electrons. The monoisotopic (exact) mass is 446 g/mol. The van der Waals surface area contributed by atoms with Crippen molar-refractivity contribution in [3.8, 4) is 0 Å². The number of aromatic nitrogens is 1. The Morgan fingerprint density at radius 3 is 2.75 bits per heavy atom. The average Bonchev–Trinajstić information content (AvgIpc) is 3.10. The van der Waals surface area contributed by atoms with Crippen molar-refractivity contribution in [3.05, 3.63) is 50.8 Å². The number of halogens is 1. The Morgan fingerprint density at radius 2 is 2.07 bits per heavy atom. The van der Waals surface area contributed by atoms with Gasteiger partial charge in [0.2, 0.25) is 0 Å². The molecule has 0 spiro atoms. The van der Waals surface area contributed by atoms with Crippen LogP contribution in [-0.2, 0) is 20.7 Å². The third-order valence-electron chi connectivity index (χ3n) is 4.45. The zero-order valence-corrected chi connectivity index (χ0v) is 17.0. The fraction of sp³-hybridized carbons (Fsp3) is 0.250. The molecule has 3 N–H and O–H groups in total. The van der Waals surface area contributed by atoms with Gasteiger partial charge in [0.1, 0.15) is 0 Å². The van der Waals surface area contributed by atoms with Gasteiger partial charge in [0.15, 0.2) is 0 Å². The van der Waals surface area contributed by atoms with Crippen LogP contribution in [0.25, 0.3) is 11.6 Å². The summed E-state index contributed by atoms with van der Waals surface area (Å²) in [6.07, 6.45) is 1.65. The maximum absolute atomic E-state index is 12.5. The fourth-order valence-corrected chi connectivity index (χ4v) is 3.60. The quantitative estimate of drug-likeness (QED) is 0.462. The molecule has 0 atom stereocenters. The first-order chi connectivity index (χ1) is 13.3. The molecule has 0 saturated heterocycles. The van der Waals surface area contributed by atoms with Crippen LogP contribution in [0.1, 0.15) is 46.2 Å². The first kappa shape index (κ1) is 19.9. The second-order valence-corrected chi connectivity index (χ2v) is 7.25. The molecule has 1 aliphatic rings. The lowest BCUT2D eigenvalue weighted by Gasteiger charge is -2.06. The molecular weight excluding hydrogens is 428 g/mol. The first-order valence-electron chi connectivity index (χ1n) is 8.75. The van der Waals surface area contributed by atoms with Gasteiger partial charge in [0.05, 0.1) is 17.7 Å². The lowest BCUT2D eigenvalue weighted by atomic mass is 10.0. The van der Waals surface area contributed by atoms with Crippen LogP contribution >= 0.6 is 15.9 Å². The van der Waals surface area contributed by atoms with E-state index in [1.54, 1.807) is 26.0 Å². The number of carboxylic acids is 1. The van der Waals surface area contributed by atoms with E-state index in [1.165, 1.54) is 0 Å². The molecule has 0 radical (unpaired) electrons. The van der Waals surface area contributed by atoms with Crippen LogP contribution in [0.5, 0.6) is 0 Å². The van der Waals surface area contributed by atoms with E-state index in [4.69, 9.17) is 9.84 Å². The number of hydrogen-bond acceptors (Lipinski definition) is 4. The number of nitrogens with one attached hydrogen (secondary N) is 2. The van der Waals surface area contributed by atoms with Crippen LogP contribution in [0.2, 0.25) is 0 Å². The molecule has 3 rings (SSSR count). The highest BCUT2D eigenvalue weighted by Crippen LogP contribution is 2.36. The number of benzene rings is 1. The molecule has 8 heteroatoms. The second-order valence-electron chi connectivity index (χ2n) is 6.33. The van der Waals surface area contributed by atoms with Crippen LogP contribution in [0.3, 0.4) is 0 Å². The maximum Gasteiger partial charge on any atom is 0.340 e. The van der Waals surface area contributed by atoms with Gasteiger partial charge >= 0.3 is 11.9 Å². The highest BCUT2D eigenvalue weighted by atomic mass is 79.9. The highest BCUT2D eigenvalue weighted by Gasteiger charge is 2.27. The van der Waals surface area contributed by atoms with Crippen molar-refractivity contribution in [2.45, 2.75) is 26.7 Å². The summed E-state index contributed by atoms with van der Waals surface area (Å²) in [5.74, 6) is -1.75. The average molecular weight is 447 g/mol. The topological polar surface area (TPSA) is 108 Å². The summed E-state index contributed by atoms with van der Waals surface area (Å²) < 4.78 is 5.95. The number of H-pyrrole nitrogens is 1. The molecule has 2 heterocycles. The van der Waals surface area contributed by atoms with Gasteiger partial charge in [0.25, 0.3) is 5.91 Å². The van der Waals surface area contributed by atoms with Crippen molar-refractivity contribution in [1.82, 2.24) is 4.98 Å². The fourth-order valence-electron chi connectivity index (χ4n) is 3.24. The molecule has 1 aromatic heterocycles. The Hall–Kier alpha value is -2.87. The Bertz CT molecular complexity index is 1010. The van der Waals surface area contributed by atoms with E-state index in [1.807, 2.05) is 12.1 Å². The SMILES string of the molecule is CCOC(=O)c1c(C)[nH]c(/C=C2\C(=O)Nc3ccc(Br)cc32)c1CCC(=O)O. The number of esters is 1. The van der Waals surface area contributed by atoms with Gasteiger partial charge in [-0.2, -0.15) is 0 Å². The predicted molar refractivity (Wildman–Crippen MR) is 108 cm³/mol. The van der Waals surface area contributed by atoms with Crippen LogP contribution in [-0.4, -0.2) is 34.5 Å². The standard InChI is InChI=1S/C20H19BrN2O5/c1-3-28-20(27)18-10(2)22-16(12(18)5-7-17(24)25)9-14-13-8-11(21)4-6-15(13)23-19(14)26/h4,6,8-9,22H,3,5,7H2,1-2H3,(H,23,26)(H,24,25)/b14-9-. The van der Waals surface area contributed by atoms with Crippen molar-refractivity contribution in [1.29, 1.82) is 0 Å². The van der Waals surface area contributed by atoms with Gasteiger partial charge in [0, 0.05) is 33.5 Å². The number of anilines is 1. The summed E-state index contributed by atoms with van der Waals surface area (Å²) in [6.45, 7) is 3.64. The van der Waals surface area contributed by atoms with E-state index in [2.05, 4.69) is 26.2 Å². The number of aliphatic carboxylic acids is 1. The minimum Gasteiger partial charge on any atom is -0.481 e. The van der Waals surface area contributed by atoms with Crippen LogP contribution < -0.4 is 5.32 Å². The summed E-state index contributed by atoms with van der Waals surface area (Å²) in [6, 6.07) is 5.46. The molecule has 1 aromatic carbocycles. The summed E-state index contributed by atoms with van der Waals surface area (Å²) in [4.78, 5) is 39.0. The number of carbonyl (C=O) groups is 3. The van der Waals surface area contributed by atoms with Crippen LogP contribution in [0, 0.1) is 6.92 Å². The number of rotatable bonds is 6. The molecular formula is C20H19BrN2O5. The minimum absolute atomic E-state index is 0.139. The van der Waals surface area contributed by atoms with Crippen molar-refractivity contribution in [2.24, 2.45) is 0 Å². The number of aromatic amines is 1. The lowest BCUT2D eigenvalue weighted by molar-refractivity contribution is -0.137. The number of aryl methyl sites for hydroxylation is 1. The molecule has 0 saturated carbocycles. The molecule has 0 fully saturated rings. The Balaban J connectivity index is 2.12. The molecule has 7 nitrogen and oxygen atoms in total. The smallest absolute Gasteiger partial charge is 0.340 e. The zero-order chi connectivity index (χ0) is 20.4. The number of fused-ring (bicyclic) bond motifs is 1. The number of hydrogen-bond donors (Lipinski definition) is 3. The van der Waals surface area contributed by atoms with Gasteiger partial charge in [-0.1, -0.05) is 15.9 Å². The third kappa shape index (κ3) is 3.87. The second kappa shape index (κ2) is 8.02. The van der Waals surface area contributed by atoms with Gasteiger partial charge in [-0.25, -0.2) is 4.79 Å². The summed E-state index contributed by atoms with van der Waals surface area (Å²) in [5, 5.41) is 11.9. The summed E-state index contributed by atoms with van der Waals surface area (Å²) in [5.41, 5.74) is 3.81. The zero-order valence-electron chi connectivity index (χ0n) is 15.4. The first-order valence-corrected chi connectivity index (χ1v) is 9.54. The van der Waals surface area contributed by atoms with E-state index in [-0.39, 0.29) is 25.4 Å². The van der Waals surface area contributed by atoms with Gasteiger partial charge in [-0.15, -0.1) is 0 Å². The lowest BCUT2D eigenvalue weighted by Crippen LogP contribution is -2.09. The van der Waals surface area contributed by atoms with Crippen LogP contribution in [0.4, 0.5) is 5.69 Å². The van der Waals surface area contributed by atoms with Crippen molar-refractivity contribution >= 4 is 51.1 Å². The van der Waals surface area contributed by atoms with E-state index < -0.39 is 11.9 Å². The molecule has 0 unspecified atom stereocenters. The molecule has 0 bridgehead atoms. The predicted octanol–water partition coefficient (Wildman–Crippen LogP) is 3.77. The van der Waals surface area contributed by atoms with E-state index >= 15 is 0 Å². The van der Waals surface area contributed by atoms with Crippen molar-refractivity contribution < 1.29 is 24.2 Å². The maximum atomic E-state index is 12.5. The van der Waals surface area contributed by atoms with E-state index in [9.17, 15) is 14.4 Å². The van der Waals surface area contributed by atoms with Gasteiger partial charge < -0.3 is 20.1 Å². The Morgan fingerprint density at radius 1 is 1.32 bits per heavy atom. The largest absolute Gasteiger partial charge is 0.481 e. The van der Waals surface area contributed by atoms with Gasteiger partial charge in [-0.3, -0.25) is 9.59 Å². The van der Waals surface area contributed by atoms with E-state index in [0.29, 0.717) is 33.8 Å². The van der Waals surface area contributed by atoms with Crippen molar-refractivity contribution in [3.63, 3.8) is 0 Å². The molecule has 1 amide bonds. The number of carbonyl (C=O) groups excluding carboxylic acids is 2. The molecule has 2 aromatic rings. The number of ether oxygens (including phenoxy) is 1. The van der Waals surface area contributed by atoms with Crippen molar-refractivity contribution in [2.75, 3.05) is 11.9 Å². The minimum atomic E-state index is -0.972. The number of carboxylic acid groups (broad SMARTS) is 1. The Labute approximate surface area is 169 Å². The summed E-state index contributed by atoms with van der Waals surface area (Å²) in [7, 11) is 0. The normalized spacial score (nSPS) is 14.1. The van der Waals surface area contributed by atoms with Gasteiger partial charge in [-0.05, 0) is 50.1 Å². The Kier molecular flexibility index (Phi) is 5.69.